The molecule has 0 radical (unpaired) electrons. The number of aliphatic hydroxyl groups is 1. The molecule has 0 aromatic rings. The summed E-state index contributed by atoms with van der Waals surface area (Å²) in [5.74, 6) is -0.253. The van der Waals surface area contributed by atoms with Gasteiger partial charge in [0, 0.05) is 0 Å². The molecule has 4 heteroatoms. The Morgan fingerprint density at radius 1 is 1.45 bits per heavy atom. The Labute approximate surface area is 72.9 Å². The maximum Gasteiger partial charge on any atom is 0.329 e. The van der Waals surface area contributed by atoms with Gasteiger partial charge in [0.1, 0.15) is 5.60 Å². The van der Waals surface area contributed by atoms with Crippen molar-refractivity contribution >= 4 is 15.9 Å². The Morgan fingerprint density at radius 2 is 1.91 bits per heavy atom. The summed E-state index contributed by atoms with van der Waals surface area (Å²) in [6.45, 7) is 1.19. The van der Waals surface area contributed by atoms with E-state index in [9.17, 15) is 13.9 Å². The fourth-order valence-corrected chi connectivity index (χ4v) is 1.53. The SMILES string of the molecule is CC(O)(C1CCC1)C(F)(F)Br. The van der Waals surface area contributed by atoms with Gasteiger partial charge < -0.3 is 5.11 Å². The molecule has 1 aliphatic carbocycles. The van der Waals surface area contributed by atoms with Crippen LogP contribution in [0.4, 0.5) is 8.78 Å². The average molecular weight is 229 g/mol. The molecule has 1 atom stereocenters. The van der Waals surface area contributed by atoms with Gasteiger partial charge in [0.25, 0.3) is 0 Å². The van der Waals surface area contributed by atoms with Gasteiger partial charge in [-0.1, -0.05) is 6.42 Å². The molecule has 0 aliphatic heterocycles. The quantitative estimate of drug-likeness (QED) is 0.721. The largest absolute Gasteiger partial charge is 0.383 e. The maximum absolute atomic E-state index is 12.6. The van der Waals surface area contributed by atoms with Crippen molar-refractivity contribution in [1.29, 1.82) is 0 Å². The predicted molar refractivity (Wildman–Crippen MR) is 41.8 cm³/mol. The van der Waals surface area contributed by atoms with E-state index in [1.54, 1.807) is 0 Å². The molecule has 1 saturated carbocycles. The van der Waals surface area contributed by atoms with E-state index in [4.69, 9.17) is 0 Å². The van der Waals surface area contributed by atoms with E-state index in [-0.39, 0.29) is 5.92 Å². The number of hydrogen-bond acceptors (Lipinski definition) is 1. The first-order valence-electron chi connectivity index (χ1n) is 3.65. The molecule has 1 unspecified atom stereocenters. The highest BCUT2D eigenvalue weighted by Gasteiger charge is 2.53. The minimum atomic E-state index is -3.16. The molecule has 0 amide bonds. The number of halogens is 3. The summed E-state index contributed by atoms with van der Waals surface area (Å²) in [6, 6.07) is 0. The van der Waals surface area contributed by atoms with Gasteiger partial charge in [-0.2, -0.15) is 8.78 Å². The van der Waals surface area contributed by atoms with Gasteiger partial charge in [-0.25, -0.2) is 0 Å². The Kier molecular flexibility index (Phi) is 2.27. The number of rotatable bonds is 2. The normalized spacial score (nSPS) is 25.9. The Morgan fingerprint density at radius 3 is 2.00 bits per heavy atom. The van der Waals surface area contributed by atoms with Crippen molar-refractivity contribution in [2.45, 2.75) is 36.6 Å². The second-order valence-corrected chi connectivity index (χ2v) is 4.27. The summed E-state index contributed by atoms with van der Waals surface area (Å²) in [5.41, 5.74) is -1.88. The van der Waals surface area contributed by atoms with Gasteiger partial charge in [-0.05, 0) is 41.6 Å². The molecule has 66 valence electrons. The molecular weight excluding hydrogens is 218 g/mol. The predicted octanol–water partition coefficient (Wildman–Crippen LogP) is 2.53. The maximum atomic E-state index is 12.6. The standard InChI is InChI=1S/C7H11BrF2O/c1-6(11,7(8,9)10)5-3-2-4-5/h5,11H,2-4H2,1H3. The fourth-order valence-electron chi connectivity index (χ4n) is 1.20. The Balaban J connectivity index is 2.64. The highest BCUT2D eigenvalue weighted by atomic mass is 79.9. The lowest BCUT2D eigenvalue weighted by Crippen LogP contribution is -2.50. The molecule has 0 spiro atoms. The van der Waals surface area contributed by atoms with Crippen molar-refractivity contribution in [3.8, 4) is 0 Å². The van der Waals surface area contributed by atoms with Crippen LogP contribution < -0.4 is 0 Å². The summed E-state index contributed by atoms with van der Waals surface area (Å²) >= 11 is 2.19. The van der Waals surface area contributed by atoms with Crippen molar-refractivity contribution in [2.24, 2.45) is 5.92 Å². The van der Waals surface area contributed by atoms with Crippen LogP contribution in [-0.4, -0.2) is 15.5 Å². The van der Waals surface area contributed by atoms with Crippen LogP contribution in [-0.2, 0) is 0 Å². The molecule has 0 aromatic heterocycles. The van der Waals surface area contributed by atoms with Crippen molar-refractivity contribution < 1.29 is 13.9 Å². The van der Waals surface area contributed by atoms with Crippen molar-refractivity contribution in [3.63, 3.8) is 0 Å². The van der Waals surface area contributed by atoms with Crippen LogP contribution in [0.15, 0.2) is 0 Å². The zero-order chi connectivity index (χ0) is 8.70. The summed E-state index contributed by atoms with van der Waals surface area (Å²) < 4.78 is 25.3. The van der Waals surface area contributed by atoms with Crippen molar-refractivity contribution in [3.05, 3.63) is 0 Å². The zero-order valence-electron chi connectivity index (χ0n) is 6.28. The van der Waals surface area contributed by atoms with E-state index in [0.717, 1.165) is 6.42 Å². The highest BCUT2D eigenvalue weighted by Crippen LogP contribution is 2.47. The third kappa shape index (κ3) is 1.56. The number of hydrogen-bond donors (Lipinski definition) is 1. The summed E-state index contributed by atoms with van der Waals surface area (Å²) in [4.78, 5) is -3.16. The van der Waals surface area contributed by atoms with E-state index in [0.29, 0.717) is 12.8 Å². The van der Waals surface area contributed by atoms with Gasteiger partial charge in [0.05, 0.1) is 0 Å². The zero-order valence-corrected chi connectivity index (χ0v) is 7.87. The summed E-state index contributed by atoms with van der Waals surface area (Å²) in [6.07, 6.45) is 2.35. The van der Waals surface area contributed by atoms with Gasteiger partial charge in [0.2, 0.25) is 0 Å². The highest BCUT2D eigenvalue weighted by molar-refractivity contribution is 9.10. The van der Waals surface area contributed by atoms with Crippen LogP contribution in [0.1, 0.15) is 26.2 Å². The first-order valence-corrected chi connectivity index (χ1v) is 4.44. The molecule has 0 bridgehead atoms. The third-order valence-electron chi connectivity index (χ3n) is 2.47. The smallest absolute Gasteiger partial charge is 0.329 e. The second kappa shape index (κ2) is 2.66. The lowest BCUT2D eigenvalue weighted by molar-refractivity contribution is -0.154. The van der Waals surface area contributed by atoms with E-state index in [2.05, 4.69) is 15.9 Å². The van der Waals surface area contributed by atoms with Crippen LogP contribution in [0.5, 0.6) is 0 Å². The minimum Gasteiger partial charge on any atom is -0.383 e. The molecule has 1 fully saturated rings. The Hall–Kier alpha value is 0.300. The van der Waals surface area contributed by atoms with Gasteiger partial charge in [0.15, 0.2) is 0 Å². The van der Waals surface area contributed by atoms with Crippen LogP contribution in [0.25, 0.3) is 0 Å². The van der Waals surface area contributed by atoms with E-state index in [1.165, 1.54) is 6.92 Å². The molecule has 0 saturated heterocycles. The first-order chi connectivity index (χ1) is 4.86. The minimum absolute atomic E-state index is 0.253. The van der Waals surface area contributed by atoms with Crippen molar-refractivity contribution in [2.75, 3.05) is 0 Å². The van der Waals surface area contributed by atoms with Gasteiger partial charge in [-0.3, -0.25) is 0 Å². The van der Waals surface area contributed by atoms with E-state index in [1.807, 2.05) is 0 Å². The topological polar surface area (TPSA) is 20.2 Å². The summed E-state index contributed by atoms with van der Waals surface area (Å²) in [5, 5.41) is 9.37. The lowest BCUT2D eigenvalue weighted by Gasteiger charge is -2.41. The molecule has 11 heavy (non-hydrogen) atoms. The monoisotopic (exact) mass is 228 g/mol. The number of alkyl halides is 3. The van der Waals surface area contributed by atoms with Crippen molar-refractivity contribution in [1.82, 2.24) is 0 Å². The van der Waals surface area contributed by atoms with Crippen LogP contribution >= 0.6 is 15.9 Å². The molecular formula is C7H11BrF2O. The molecule has 0 heterocycles. The van der Waals surface area contributed by atoms with Crippen LogP contribution in [0.2, 0.25) is 0 Å². The second-order valence-electron chi connectivity index (χ2n) is 3.27. The molecule has 1 N–H and O–H groups in total. The summed E-state index contributed by atoms with van der Waals surface area (Å²) in [7, 11) is 0. The van der Waals surface area contributed by atoms with Gasteiger partial charge >= 0.3 is 4.83 Å². The van der Waals surface area contributed by atoms with Crippen LogP contribution in [0, 0.1) is 5.92 Å². The fraction of sp³-hybridized carbons (Fsp3) is 1.00. The molecule has 1 aliphatic rings. The average Bonchev–Trinajstić information content (AvgIpc) is 1.53. The molecule has 1 nitrogen and oxygen atoms in total. The third-order valence-corrected chi connectivity index (χ3v) is 3.28. The van der Waals surface area contributed by atoms with Gasteiger partial charge in [-0.15, -0.1) is 0 Å². The van der Waals surface area contributed by atoms with E-state index >= 15 is 0 Å². The molecule has 0 aromatic carbocycles. The lowest BCUT2D eigenvalue weighted by atomic mass is 9.74. The molecule has 1 rings (SSSR count). The van der Waals surface area contributed by atoms with E-state index < -0.39 is 10.4 Å². The first kappa shape index (κ1) is 9.39. The Bertz CT molecular complexity index is 149. The van der Waals surface area contributed by atoms with Crippen LogP contribution in [0.3, 0.4) is 0 Å².